The van der Waals surface area contributed by atoms with Gasteiger partial charge in [0, 0.05) is 18.2 Å². The summed E-state index contributed by atoms with van der Waals surface area (Å²) in [5, 5.41) is 3.69. The molecular weight excluding hydrogens is 250 g/mol. The summed E-state index contributed by atoms with van der Waals surface area (Å²) >= 11 is 0. The maximum Gasteiger partial charge on any atom is 0.231 e. The van der Waals surface area contributed by atoms with Crippen molar-refractivity contribution < 1.29 is 9.47 Å². The van der Waals surface area contributed by atoms with Crippen LogP contribution in [0.3, 0.4) is 0 Å². The second kappa shape index (κ2) is 6.04. The number of rotatable bonds is 4. The van der Waals surface area contributed by atoms with Gasteiger partial charge in [-0.15, -0.1) is 0 Å². The molecular formula is C17H25NO2. The third-order valence-corrected chi connectivity index (χ3v) is 4.77. The van der Waals surface area contributed by atoms with Crippen molar-refractivity contribution in [1.29, 1.82) is 0 Å². The van der Waals surface area contributed by atoms with Crippen LogP contribution >= 0.6 is 0 Å². The smallest absolute Gasteiger partial charge is 0.231 e. The predicted octanol–water partition coefficient (Wildman–Crippen LogP) is 3.72. The van der Waals surface area contributed by atoms with Gasteiger partial charge in [0.1, 0.15) is 0 Å². The van der Waals surface area contributed by atoms with Crippen molar-refractivity contribution in [2.45, 2.75) is 52.1 Å². The zero-order chi connectivity index (χ0) is 13.9. The molecule has 1 aliphatic heterocycles. The van der Waals surface area contributed by atoms with Gasteiger partial charge in [-0.1, -0.05) is 26.0 Å². The molecule has 0 spiro atoms. The van der Waals surface area contributed by atoms with Crippen molar-refractivity contribution in [3.05, 3.63) is 23.8 Å². The Labute approximate surface area is 121 Å². The summed E-state index contributed by atoms with van der Waals surface area (Å²) in [7, 11) is 0. The Morgan fingerprint density at radius 2 is 1.95 bits per heavy atom. The Bertz CT molecular complexity index is 450. The minimum absolute atomic E-state index is 0.353. The van der Waals surface area contributed by atoms with Gasteiger partial charge in [-0.05, 0) is 43.6 Å². The van der Waals surface area contributed by atoms with Crippen LogP contribution in [-0.2, 0) is 6.54 Å². The fraction of sp³-hybridized carbons (Fsp3) is 0.647. The Hall–Kier alpha value is -1.22. The minimum atomic E-state index is 0.353. The van der Waals surface area contributed by atoms with Crippen LogP contribution in [0, 0.1) is 11.8 Å². The number of hydrogen-bond acceptors (Lipinski definition) is 3. The first-order valence-electron chi connectivity index (χ1n) is 7.85. The van der Waals surface area contributed by atoms with Crippen molar-refractivity contribution >= 4 is 0 Å². The van der Waals surface area contributed by atoms with E-state index >= 15 is 0 Å². The fourth-order valence-electron chi connectivity index (χ4n) is 3.37. The Kier molecular flexibility index (Phi) is 4.16. The van der Waals surface area contributed by atoms with E-state index in [0.29, 0.717) is 12.8 Å². The lowest BCUT2D eigenvalue weighted by Gasteiger charge is -2.31. The molecule has 1 saturated carbocycles. The second-order valence-corrected chi connectivity index (χ2v) is 6.39. The molecule has 1 N–H and O–H groups in total. The minimum Gasteiger partial charge on any atom is -0.454 e. The lowest BCUT2D eigenvalue weighted by atomic mass is 9.79. The SMILES string of the molecule is CC(C)C1CCC(NCc2cccc3c2OCO3)CC1. The molecule has 3 rings (SSSR count). The van der Waals surface area contributed by atoms with Crippen molar-refractivity contribution in [2.24, 2.45) is 11.8 Å². The largest absolute Gasteiger partial charge is 0.454 e. The van der Waals surface area contributed by atoms with Crippen LogP contribution in [0.5, 0.6) is 11.5 Å². The third-order valence-electron chi connectivity index (χ3n) is 4.77. The average molecular weight is 275 g/mol. The van der Waals surface area contributed by atoms with Gasteiger partial charge < -0.3 is 14.8 Å². The molecule has 3 nitrogen and oxygen atoms in total. The Morgan fingerprint density at radius 1 is 1.15 bits per heavy atom. The lowest BCUT2D eigenvalue weighted by Crippen LogP contribution is -2.33. The molecule has 1 aromatic rings. The van der Waals surface area contributed by atoms with Crippen LogP contribution in [0.2, 0.25) is 0 Å². The topological polar surface area (TPSA) is 30.5 Å². The van der Waals surface area contributed by atoms with Crippen LogP contribution in [0.4, 0.5) is 0 Å². The van der Waals surface area contributed by atoms with Gasteiger partial charge >= 0.3 is 0 Å². The molecule has 2 aliphatic rings. The summed E-state index contributed by atoms with van der Waals surface area (Å²) in [4.78, 5) is 0. The zero-order valence-electron chi connectivity index (χ0n) is 12.5. The van der Waals surface area contributed by atoms with E-state index in [1.807, 2.05) is 12.1 Å². The summed E-state index contributed by atoms with van der Waals surface area (Å²) < 4.78 is 11.0. The van der Waals surface area contributed by atoms with Crippen LogP contribution in [0.1, 0.15) is 45.1 Å². The van der Waals surface area contributed by atoms with E-state index in [1.165, 1.54) is 31.2 Å². The molecule has 0 atom stereocenters. The molecule has 0 amide bonds. The first kappa shape index (κ1) is 13.7. The molecule has 0 bridgehead atoms. The van der Waals surface area contributed by atoms with Gasteiger partial charge in [0.05, 0.1) is 0 Å². The molecule has 1 heterocycles. The molecule has 1 aliphatic carbocycles. The van der Waals surface area contributed by atoms with E-state index in [9.17, 15) is 0 Å². The van der Waals surface area contributed by atoms with Gasteiger partial charge in [-0.3, -0.25) is 0 Å². The lowest BCUT2D eigenvalue weighted by molar-refractivity contribution is 0.173. The van der Waals surface area contributed by atoms with Crippen molar-refractivity contribution in [2.75, 3.05) is 6.79 Å². The quantitative estimate of drug-likeness (QED) is 0.908. The molecule has 0 radical (unpaired) electrons. The number of fused-ring (bicyclic) bond motifs is 1. The molecule has 1 aromatic carbocycles. The number of hydrogen-bond donors (Lipinski definition) is 1. The van der Waals surface area contributed by atoms with Crippen molar-refractivity contribution in [1.82, 2.24) is 5.32 Å². The molecule has 0 saturated heterocycles. The highest BCUT2D eigenvalue weighted by atomic mass is 16.7. The van der Waals surface area contributed by atoms with Crippen molar-refractivity contribution in [3.63, 3.8) is 0 Å². The highest BCUT2D eigenvalue weighted by molar-refractivity contribution is 5.48. The third kappa shape index (κ3) is 2.93. The maximum atomic E-state index is 5.56. The van der Waals surface area contributed by atoms with E-state index in [-0.39, 0.29) is 0 Å². The van der Waals surface area contributed by atoms with Gasteiger partial charge in [-0.2, -0.15) is 0 Å². The van der Waals surface area contributed by atoms with E-state index in [1.54, 1.807) is 0 Å². The Balaban J connectivity index is 1.52. The first-order valence-corrected chi connectivity index (χ1v) is 7.85. The van der Waals surface area contributed by atoms with Crippen LogP contribution in [0.15, 0.2) is 18.2 Å². The van der Waals surface area contributed by atoms with Crippen LogP contribution in [0.25, 0.3) is 0 Å². The Morgan fingerprint density at radius 3 is 2.70 bits per heavy atom. The standard InChI is InChI=1S/C17H25NO2/c1-12(2)13-6-8-15(9-7-13)18-10-14-4-3-5-16-17(14)20-11-19-16/h3-5,12-13,15,18H,6-11H2,1-2H3. The summed E-state index contributed by atoms with van der Waals surface area (Å²) in [5.41, 5.74) is 1.21. The predicted molar refractivity (Wildman–Crippen MR) is 80.0 cm³/mol. The monoisotopic (exact) mass is 275 g/mol. The number of ether oxygens (including phenoxy) is 2. The van der Waals surface area contributed by atoms with E-state index in [4.69, 9.17) is 9.47 Å². The number of nitrogens with one attached hydrogen (secondary N) is 1. The number of para-hydroxylation sites is 1. The van der Waals surface area contributed by atoms with Gasteiger partial charge in [-0.25, -0.2) is 0 Å². The zero-order valence-corrected chi connectivity index (χ0v) is 12.5. The maximum absolute atomic E-state index is 5.56. The first-order chi connectivity index (χ1) is 9.74. The summed E-state index contributed by atoms with van der Waals surface area (Å²) in [6.45, 7) is 5.93. The molecule has 110 valence electrons. The van der Waals surface area contributed by atoms with Gasteiger partial charge in [0.25, 0.3) is 0 Å². The molecule has 20 heavy (non-hydrogen) atoms. The highest BCUT2D eigenvalue weighted by Gasteiger charge is 2.23. The van der Waals surface area contributed by atoms with Gasteiger partial charge in [0.2, 0.25) is 6.79 Å². The highest BCUT2D eigenvalue weighted by Crippen LogP contribution is 2.35. The average Bonchev–Trinajstić information content (AvgIpc) is 2.94. The fourth-order valence-corrected chi connectivity index (χ4v) is 3.37. The van der Waals surface area contributed by atoms with Crippen LogP contribution in [-0.4, -0.2) is 12.8 Å². The second-order valence-electron chi connectivity index (χ2n) is 6.39. The number of benzene rings is 1. The molecule has 1 fully saturated rings. The van der Waals surface area contributed by atoms with E-state index < -0.39 is 0 Å². The van der Waals surface area contributed by atoms with Crippen molar-refractivity contribution in [3.8, 4) is 11.5 Å². The van der Waals surface area contributed by atoms with E-state index in [0.717, 1.165) is 29.9 Å². The normalized spacial score (nSPS) is 25.1. The van der Waals surface area contributed by atoms with Crippen LogP contribution < -0.4 is 14.8 Å². The summed E-state index contributed by atoms with van der Waals surface area (Å²) in [6.07, 6.45) is 5.33. The molecule has 0 aromatic heterocycles. The molecule has 0 unspecified atom stereocenters. The molecule has 3 heteroatoms. The summed E-state index contributed by atoms with van der Waals surface area (Å²) in [5.74, 6) is 3.56. The van der Waals surface area contributed by atoms with Gasteiger partial charge in [0.15, 0.2) is 11.5 Å². The summed E-state index contributed by atoms with van der Waals surface area (Å²) in [6, 6.07) is 6.79. The van der Waals surface area contributed by atoms with E-state index in [2.05, 4.69) is 25.2 Å².